The molecule has 0 aliphatic carbocycles. The third-order valence-electron chi connectivity index (χ3n) is 2.90. The summed E-state index contributed by atoms with van der Waals surface area (Å²) in [6.45, 7) is 2.84. The Morgan fingerprint density at radius 2 is 2.29 bits per heavy atom. The van der Waals surface area contributed by atoms with E-state index in [0.717, 1.165) is 18.7 Å². The molecule has 14 heavy (non-hydrogen) atoms. The molecule has 3 heteroatoms. The Morgan fingerprint density at radius 1 is 1.43 bits per heavy atom. The van der Waals surface area contributed by atoms with Crippen LogP contribution in [0.1, 0.15) is 18.9 Å². The highest BCUT2D eigenvalue weighted by molar-refractivity contribution is 5.85. The molecule has 1 atom stereocenters. The third kappa shape index (κ3) is 0.895. The van der Waals surface area contributed by atoms with Crippen molar-refractivity contribution < 1.29 is 4.84 Å². The van der Waals surface area contributed by atoms with Gasteiger partial charge in [0.25, 0.3) is 0 Å². The van der Waals surface area contributed by atoms with E-state index >= 15 is 0 Å². The Bertz CT molecular complexity index is 414. The van der Waals surface area contributed by atoms with E-state index in [1.807, 2.05) is 19.1 Å². The first-order valence-corrected chi connectivity index (χ1v) is 4.85. The lowest BCUT2D eigenvalue weighted by Crippen LogP contribution is -2.28. The minimum atomic E-state index is -0.222. The predicted octanol–water partition coefficient (Wildman–Crippen LogP) is 2.10. The molecule has 0 aromatic heterocycles. The molecule has 2 aliphatic heterocycles. The van der Waals surface area contributed by atoms with Gasteiger partial charge in [-0.3, -0.25) is 0 Å². The molecule has 1 aromatic rings. The summed E-state index contributed by atoms with van der Waals surface area (Å²) in [6.07, 6.45) is 0.900. The molecule has 0 bridgehead atoms. The van der Waals surface area contributed by atoms with Crippen molar-refractivity contribution in [2.24, 2.45) is 5.16 Å². The van der Waals surface area contributed by atoms with Crippen molar-refractivity contribution in [2.45, 2.75) is 18.9 Å². The van der Waals surface area contributed by atoms with Crippen LogP contribution in [-0.2, 0) is 10.4 Å². The molecule has 1 aromatic carbocycles. The van der Waals surface area contributed by atoms with Gasteiger partial charge in [-0.05, 0) is 13.0 Å². The number of rotatable bonds is 0. The number of anilines is 1. The van der Waals surface area contributed by atoms with Gasteiger partial charge in [0.2, 0.25) is 0 Å². The zero-order chi connectivity index (χ0) is 9.60. The Labute approximate surface area is 82.8 Å². The van der Waals surface area contributed by atoms with E-state index in [1.165, 1.54) is 11.3 Å². The smallest absolute Gasteiger partial charge is 0.186 e. The van der Waals surface area contributed by atoms with Gasteiger partial charge in [0, 0.05) is 17.7 Å². The van der Waals surface area contributed by atoms with Crippen LogP contribution in [0.2, 0.25) is 0 Å². The van der Waals surface area contributed by atoms with Gasteiger partial charge in [-0.2, -0.15) is 0 Å². The second kappa shape index (κ2) is 2.50. The van der Waals surface area contributed by atoms with Gasteiger partial charge in [0.15, 0.2) is 5.60 Å². The zero-order valence-electron chi connectivity index (χ0n) is 8.08. The lowest BCUT2D eigenvalue weighted by Gasteiger charge is -2.20. The molecule has 2 aliphatic rings. The van der Waals surface area contributed by atoms with Crippen molar-refractivity contribution in [2.75, 3.05) is 11.9 Å². The Hall–Kier alpha value is -1.51. The van der Waals surface area contributed by atoms with Crippen LogP contribution < -0.4 is 5.32 Å². The molecule has 72 valence electrons. The molecule has 0 unspecified atom stereocenters. The van der Waals surface area contributed by atoms with E-state index in [4.69, 9.17) is 4.84 Å². The SMILES string of the molecule is CC1=NO[C@]2(CNc3ccccc32)C1. The number of oxime groups is 1. The van der Waals surface area contributed by atoms with Crippen LogP contribution in [0.25, 0.3) is 0 Å². The van der Waals surface area contributed by atoms with Crippen molar-refractivity contribution in [3.63, 3.8) is 0 Å². The van der Waals surface area contributed by atoms with Gasteiger partial charge in [-0.25, -0.2) is 0 Å². The Kier molecular flexibility index (Phi) is 1.40. The van der Waals surface area contributed by atoms with E-state index < -0.39 is 0 Å². The van der Waals surface area contributed by atoms with E-state index in [2.05, 4.69) is 22.6 Å². The highest BCUT2D eigenvalue weighted by atomic mass is 16.7. The number of hydrogen-bond donors (Lipinski definition) is 1. The molecule has 2 heterocycles. The topological polar surface area (TPSA) is 33.6 Å². The molecule has 1 N–H and O–H groups in total. The standard InChI is InChI=1S/C11H12N2O/c1-8-6-11(14-13-8)7-12-10-5-3-2-4-9(10)11/h2-5,12H,6-7H2,1H3/t11-/m0/s1. The van der Waals surface area contributed by atoms with Crippen LogP contribution in [0, 0.1) is 0 Å². The Balaban J connectivity index is 2.06. The number of fused-ring (bicyclic) bond motifs is 2. The Morgan fingerprint density at radius 3 is 3.07 bits per heavy atom. The molecular weight excluding hydrogens is 176 g/mol. The van der Waals surface area contributed by atoms with Gasteiger partial charge >= 0.3 is 0 Å². The van der Waals surface area contributed by atoms with E-state index in [0.29, 0.717) is 0 Å². The summed E-state index contributed by atoms with van der Waals surface area (Å²) in [5, 5.41) is 7.40. The van der Waals surface area contributed by atoms with E-state index in [1.54, 1.807) is 0 Å². The summed E-state index contributed by atoms with van der Waals surface area (Å²) >= 11 is 0. The predicted molar refractivity (Wildman–Crippen MR) is 55.4 cm³/mol. The summed E-state index contributed by atoms with van der Waals surface area (Å²) < 4.78 is 0. The van der Waals surface area contributed by atoms with Crippen LogP contribution in [0.4, 0.5) is 5.69 Å². The van der Waals surface area contributed by atoms with Crippen LogP contribution in [0.5, 0.6) is 0 Å². The monoisotopic (exact) mass is 188 g/mol. The normalized spacial score (nSPS) is 28.2. The average Bonchev–Trinajstić information content (AvgIpc) is 2.75. The maximum absolute atomic E-state index is 5.57. The molecule has 0 radical (unpaired) electrons. The van der Waals surface area contributed by atoms with Gasteiger partial charge < -0.3 is 10.2 Å². The first-order valence-electron chi connectivity index (χ1n) is 4.85. The quantitative estimate of drug-likeness (QED) is 0.676. The molecule has 1 spiro atoms. The van der Waals surface area contributed by atoms with Gasteiger partial charge in [-0.1, -0.05) is 23.4 Å². The molecule has 3 nitrogen and oxygen atoms in total. The fraction of sp³-hybridized carbons (Fsp3) is 0.364. The lowest BCUT2D eigenvalue weighted by molar-refractivity contribution is -0.00649. The van der Waals surface area contributed by atoms with Crippen LogP contribution >= 0.6 is 0 Å². The molecule has 0 saturated carbocycles. The molecule has 0 saturated heterocycles. The number of nitrogens with zero attached hydrogens (tertiary/aromatic N) is 1. The van der Waals surface area contributed by atoms with Crippen LogP contribution in [0.15, 0.2) is 29.4 Å². The lowest BCUT2D eigenvalue weighted by atomic mass is 9.91. The minimum Gasteiger partial charge on any atom is -0.382 e. The van der Waals surface area contributed by atoms with Crippen molar-refractivity contribution in [1.29, 1.82) is 0 Å². The van der Waals surface area contributed by atoms with E-state index in [-0.39, 0.29) is 5.60 Å². The fourth-order valence-electron chi connectivity index (χ4n) is 2.25. The van der Waals surface area contributed by atoms with Gasteiger partial charge in [0.1, 0.15) is 0 Å². The first-order chi connectivity index (χ1) is 6.80. The number of nitrogens with one attached hydrogen (secondary N) is 1. The van der Waals surface area contributed by atoms with Gasteiger partial charge in [-0.15, -0.1) is 0 Å². The molecule has 0 fully saturated rings. The van der Waals surface area contributed by atoms with E-state index in [9.17, 15) is 0 Å². The average molecular weight is 188 g/mol. The fourth-order valence-corrected chi connectivity index (χ4v) is 2.25. The third-order valence-corrected chi connectivity index (χ3v) is 2.90. The molecule has 3 rings (SSSR count). The maximum atomic E-state index is 5.57. The number of para-hydroxylation sites is 1. The second-order valence-electron chi connectivity index (χ2n) is 3.99. The van der Waals surface area contributed by atoms with Crippen molar-refractivity contribution in [3.8, 4) is 0 Å². The zero-order valence-corrected chi connectivity index (χ0v) is 8.08. The highest BCUT2D eigenvalue weighted by Gasteiger charge is 2.44. The van der Waals surface area contributed by atoms with Gasteiger partial charge in [0.05, 0.1) is 12.3 Å². The second-order valence-corrected chi connectivity index (χ2v) is 3.99. The summed E-state index contributed by atoms with van der Waals surface area (Å²) in [7, 11) is 0. The maximum Gasteiger partial charge on any atom is 0.186 e. The highest BCUT2D eigenvalue weighted by Crippen LogP contribution is 2.43. The molecule has 0 amide bonds. The number of hydrogen-bond acceptors (Lipinski definition) is 3. The van der Waals surface area contributed by atoms with Crippen molar-refractivity contribution in [1.82, 2.24) is 0 Å². The van der Waals surface area contributed by atoms with Crippen LogP contribution in [0.3, 0.4) is 0 Å². The summed E-state index contributed by atoms with van der Waals surface area (Å²) in [6, 6.07) is 8.28. The summed E-state index contributed by atoms with van der Waals surface area (Å²) in [5.74, 6) is 0. The first kappa shape index (κ1) is 7.85. The largest absolute Gasteiger partial charge is 0.382 e. The van der Waals surface area contributed by atoms with Crippen LogP contribution in [-0.4, -0.2) is 12.3 Å². The number of benzene rings is 1. The van der Waals surface area contributed by atoms with Crippen molar-refractivity contribution in [3.05, 3.63) is 29.8 Å². The summed E-state index contributed by atoms with van der Waals surface area (Å²) in [5.41, 5.74) is 3.27. The summed E-state index contributed by atoms with van der Waals surface area (Å²) in [4.78, 5) is 5.57. The van der Waals surface area contributed by atoms with Crippen molar-refractivity contribution >= 4 is 11.4 Å². The molecular formula is C11H12N2O. The minimum absolute atomic E-state index is 0.222.